The summed E-state index contributed by atoms with van der Waals surface area (Å²) in [5.74, 6) is 0.805. The molecule has 0 aliphatic carbocycles. The van der Waals surface area contributed by atoms with Crippen LogP contribution in [0.15, 0.2) is 17.0 Å². The van der Waals surface area contributed by atoms with Gasteiger partial charge < -0.3 is 5.11 Å². The predicted molar refractivity (Wildman–Crippen MR) is 70.6 cm³/mol. The quantitative estimate of drug-likeness (QED) is 0.573. The Hall–Kier alpha value is -0.303. The Labute approximate surface area is 95.9 Å². The summed E-state index contributed by atoms with van der Waals surface area (Å²) in [6.07, 6.45) is 1.47. The summed E-state index contributed by atoms with van der Waals surface area (Å²) in [6.45, 7) is 15.4. The third kappa shape index (κ3) is 5.36. The SMILES string of the molecule is CC(C)C(=C=CC(O)C(C)C)[Si](C)(C)C. The zero-order chi connectivity index (χ0) is 12.2. The first-order valence-corrected chi connectivity index (χ1v) is 9.31. The van der Waals surface area contributed by atoms with E-state index in [0.29, 0.717) is 5.92 Å². The van der Waals surface area contributed by atoms with Crippen molar-refractivity contribution in [3.63, 3.8) is 0 Å². The molecule has 1 N–H and O–H groups in total. The maximum atomic E-state index is 9.71. The molecule has 0 aromatic heterocycles. The Morgan fingerprint density at radius 3 is 1.87 bits per heavy atom. The minimum atomic E-state index is -1.29. The fraction of sp³-hybridized carbons (Fsp3) is 0.769. The van der Waals surface area contributed by atoms with Crippen LogP contribution in [-0.2, 0) is 0 Å². The van der Waals surface area contributed by atoms with Gasteiger partial charge in [0.15, 0.2) is 0 Å². The van der Waals surface area contributed by atoms with Crippen molar-refractivity contribution in [1.29, 1.82) is 0 Å². The number of aliphatic hydroxyl groups is 1. The van der Waals surface area contributed by atoms with Crippen LogP contribution in [0.1, 0.15) is 27.7 Å². The van der Waals surface area contributed by atoms with Gasteiger partial charge >= 0.3 is 0 Å². The summed E-state index contributed by atoms with van der Waals surface area (Å²) in [7, 11) is -1.29. The first kappa shape index (κ1) is 14.7. The van der Waals surface area contributed by atoms with Crippen molar-refractivity contribution in [2.75, 3.05) is 0 Å². The molecule has 0 rings (SSSR count). The van der Waals surface area contributed by atoms with Crippen LogP contribution in [-0.4, -0.2) is 19.3 Å². The molecular weight excluding hydrogens is 200 g/mol. The zero-order valence-electron chi connectivity index (χ0n) is 11.3. The second-order valence-corrected chi connectivity index (χ2v) is 10.9. The molecule has 0 amide bonds. The molecule has 0 saturated carbocycles. The topological polar surface area (TPSA) is 20.2 Å². The molecule has 0 heterocycles. The molecular formula is C13H26OSi. The van der Waals surface area contributed by atoms with Crippen molar-refractivity contribution >= 4 is 8.07 Å². The van der Waals surface area contributed by atoms with Gasteiger partial charge in [-0.2, -0.15) is 0 Å². The van der Waals surface area contributed by atoms with Crippen LogP contribution in [0.2, 0.25) is 19.6 Å². The van der Waals surface area contributed by atoms with E-state index in [2.05, 4.69) is 39.2 Å². The van der Waals surface area contributed by atoms with Crippen LogP contribution in [0.3, 0.4) is 0 Å². The molecule has 15 heavy (non-hydrogen) atoms. The van der Waals surface area contributed by atoms with Crippen molar-refractivity contribution in [1.82, 2.24) is 0 Å². The van der Waals surface area contributed by atoms with Gasteiger partial charge in [-0.15, -0.1) is 5.73 Å². The van der Waals surface area contributed by atoms with Crippen molar-refractivity contribution in [2.24, 2.45) is 11.8 Å². The number of hydrogen-bond acceptors (Lipinski definition) is 1. The molecule has 0 aliphatic heterocycles. The van der Waals surface area contributed by atoms with Crippen LogP contribution < -0.4 is 0 Å². The van der Waals surface area contributed by atoms with Crippen molar-refractivity contribution in [3.05, 3.63) is 17.0 Å². The second-order valence-electron chi connectivity index (χ2n) is 5.86. The molecule has 1 atom stereocenters. The molecule has 0 radical (unpaired) electrons. The molecule has 0 aromatic carbocycles. The average molecular weight is 226 g/mol. The molecule has 0 spiro atoms. The Morgan fingerprint density at radius 2 is 1.60 bits per heavy atom. The molecule has 88 valence electrons. The maximum Gasteiger partial charge on any atom is 0.0826 e. The normalized spacial score (nSPS) is 14.0. The molecule has 0 fully saturated rings. The summed E-state index contributed by atoms with van der Waals surface area (Å²) in [5.41, 5.74) is 3.34. The third-order valence-corrected chi connectivity index (χ3v) is 4.82. The van der Waals surface area contributed by atoms with Crippen LogP contribution in [0.5, 0.6) is 0 Å². The molecule has 0 aromatic rings. The van der Waals surface area contributed by atoms with E-state index >= 15 is 0 Å². The predicted octanol–water partition coefficient (Wildman–Crippen LogP) is 3.62. The number of rotatable bonds is 4. The minimum Gasteiger partial charge on any atom is -0.388 e. The number of aliphatic hydroxyl groups excluding tert-OH is 1. The van der Waals surface area contributed by atoms with E-state index in [1.807, 2.05) is 19.9 Å². The summed E-state index contributed by atoms with van der Waals surface area (Å²) in [4.78, 5) is 0. The van der Waals surface area contributed by atoms with Gasteiger partial charge in [-0.25, -0.2) is 0 Å². The highest BCUT2D eigenvalue weighted by atomic mass is 28.3. The van der Waals surface area contributed by atoms with Crippen LogP contribution in [0, 0.1) is 11.8 Å². The fourth-order valence-electron chi connectivity index (χ4n) is 1.62. The lowest BCUT2D eigenvalue weighted by atomic mass is 10.1. The lowest BCUT2D eigenvalue weighted by Gasteiger charge is -2.22. The lowest BCUT2D eigenvalue weighted by Crippen LogP contribution is -2.26. The van der Waals surface area contributed by atoms with E-state index in [9.17, 15) is 5.11 Å². The van der Waals surface area contributed by atoms with E-state index in [0.717, 1.165) is 0 Å². The smallest absolute Gasteiger partial charge is 0.0826 e. The van der Waals surface area contributed by atoms with Gasteiger partial charge in [0.2, 0.25) is 0 Å². The highest BCUT2D eigenvalue weighted by Crippen LogP contribution is 2.21. The second kappa shape index (κ2) is 5.69. The Bertz CT molecular complexity index is 252. The van der Waals surface area contributed by atoms with Gasteiger partial charge in [0.05, 0.1) is 14.2 Å². The summed E-state index contributed by atoms with van der Waals surface area (Å²) in [6, 6.07) is 0. The average Bonchev–Trinajstić information content (AvgIpc) is 2.00. The van der Waals surface area contributed by atoms with E-state index < -0.39 is 8.07 Å². The van der Waals surface area contributed by atoms with Gasteiger partial charge in [0.25, 0.3) is 0 Å². The molecule has 0 bridgehead atoms. The Balaban J connectivity index is 5.01. The van der Waals surface area contributed by atoms with E-state index in [-0.39, 0.29) is 12.0 Å². The minimum absolute atomic E-state index is 0.271. The number of hydrogen-bond donors (Lipinski definition) is 1. The van der Waals surface area contributed by atoms with E-state index in [1.54, 1.807) is 0 Å². The first-order chi connectivity index (χ1) is 6.66. The van der Waals surface area contributed by atoms with Gasteiger partial charge in [0, 0.05) is 0 Å². The van der Waals surface area contributed by atoms with Gasteiger partial charge in [-0.05, 0) is 23.1 Å². The Kier molecular flexibility index (Phi) is 5.58. The van der Waals surface area contributed by atoms with Gasteiger partial charge in [-0.3, -0.25) is 0 Å². The monoisotopic (exact) mass is 226 g/mol. The summed E-state index contributed by atoms with van der Waals surface area (Å²) >= 11 is 0. The zero-order valence-corrected chi connectivity index (χ0v) is 12.3. The van der Waals surface area contributed by atoms with Crippen molar-refractivity contribution in [3.8, 4) is 0 Å². The van der Waals surface area contributed by atoms with Gasteiger partial charge in [0.1, 0.15) is 0 Å². The van der Waals surface area contributed by atoms with Crippen molar-refractivity contribution in [2.45, 2.75) is 53.4 Å². The molecule has 1 nitrogen and oxygen atoms in total. The fourth-order valence-corrected chi connectivity index (χ4v) is 3.87. The van der Waals surface area contributed by atoms with Crippen LogP contribution in [0.25, 0.3) is 0 Å². The summed E-state index contributed by atoms with van der Waals surface area (Å²) < 4.78 is 0. The van der Waals surface area contributed by atoms with Gasteiger partial charge in [-0.1, -0.05) is 47.3 Å². The first-order valence-electron chi connectivity index (χ1n) is 5.81. The third-order valence-electron chi connectivity index (χ3n) is 2.48. The van der Waals surface area contributed by atoms with Crippen molar-refractivity contribution < 1.29 is 5.11 Å². The maximum absolute atomic E-state index is 9.71. The standard InChI is InChI=1S/C13H26OSi/c1-10(2)12(14)8-9-13(11(3)4)15(5,6)7/h8,10-12,14H,1-7H3. The lowest BCUT2D eigenvalue weighted by molar-refractivity contribution is 0.172. The Morgan fingerprint density at radius 1 is 1.13 bits per heavy atom. The molecule has 1 unspecified atom stereocenters. The highest BCUT2D eigenvalue weighted by molar-refractivity contribution is 6.83. The molecule has 0 saturated heterocycles. The summed E-state index contributed by atoms with van der Waals surface area (Å²) in [5, 5.41) is 11.1. The molecule has 2 heteroatoms. The highest BCUT2D eigenvalue weighted by Gasteiger charge is 2.21. The largest absolute Gasteiger partial charge is 0.388 e. The van der Waals surface area contributed by atoms with Crippen LogP contribution in [0.4, 0.5) is 0 Å². The van der Waals surface area contributed by atoms with Crippen LogP contribution >= 0.6 is 0 Å². The molecule has 0 aliphatic rings. The van der Waals surface area contributed by atoms with E-state index in [4.69, 9.17) is 0 Å². The van der Waals surface area contributed by atoms with E-state index in [1.165, 1.54) is 5.20 Å².